The van der Waals surface area contributed by atoms with Crippen LogP contribution in [-0.2, 0) is 13.5 Å². The molecule has 2 aliphatic heterocycles. The molecule has 12 heteroatoms. The minimum Gasteiger partial charge on any atom is -0.477 e. The molecule has 5 heterocycles. The van der Waals surface area contributed by atoms with Gasteiger partial charge in [-0.05, 0) is 24.0 Å². The van der Waals surface area contributed by atoms with Crippen molar-refractivity contribution in [3.63, 3.8) is 0 Å². The molecule has 1 aromatic carbocycles. The first-order valence-electron chi connectivity index (χ1n) is 14.3. The second-order valence-electron chi connectivity index (χ2n) is 11.5. The molecule has 222 valence electrons. The van der Waals surface area contributed by atoms with E-state index in [0.29, 0.717) is 76.9 Å². The molecule has 1 unspecified atom stereocenters. The summed E-state index contributed by atoms with van der Waals surface area (Å²) in [5, 5.41) is 22.3. The fourth-order valence-electron chi connectivity index (χ4n) is 7.26. The Bertz CT molecular complexity index is 1890. The number of pyridine rings is 3. The van der Waals surface area contributed by atoms with Gasteiger partial charge in [-0.2, -0.15) is 0 Å². The van der Waals surface area contributed by atoms with Crippen LogP contribution in [0.25, 0.3) is 33.3 Å². The molecule has 0 radical (unpaired) electrons. The number of anilines is 2. The van der Waals surface area contributed by atoms with Crippen LogP contribution in [0.2, 0.25) is 0 Å². The average Bonchev–Trinajstić information content (AvgIpc) is 3.69. The molecule has 7 rings (SSSR count). The maximum absolute atomic E-state index is 15.8. The summed E-state index contributed by atoms with van der Waals surface area (Å²) in [6.45, 7) is 2.83. The topological polar surface area (TPSA) is 124 Å². The highest BCUT2D eigenvalue weighted by Crippen LogP contribution is 2.52. The van der Waals surface area contributed by atoms with Crippen LogP contribution in [-0.4, -0.2) is 81.5 Å². The van der Waals surface area contributed by atoms with Gasteiger partial charge >= 0.3 is 5.97 Å². The summed E-state index contributed by atoms with van der Waals surface area (Å²) in [6, 6.07) is 2.85. The molecular weight excluding hydrogens is 558 g/mol. The highest BCUT2D eigenvalue weighted by Gasteiger charge is 2.44. The third kappa shape index (κ3) is 4.11. The second kappa shape index (κ2) is 10.1. The normalized spacial score (nSPS) is 19.1. The average molecular weight is 589 g/mol. The van der Waals surface area contributed by atoms with Crippen LogP contribution in [0.5, 0.6) is 0 Å². The van der Waals surface area contributed by atoms with Crippen molar-refractivity contribution in [2.45, 2.75) is 18.9 Å². The lowest BCUT2D eigenvalue weighted by molar-refractivity contribution is 0.0695. The van der Waals surface area contributed by atoms with Crippen LogP contribution in [0, 0.1) is 17.6 Å². The molecule has 3 aromatic heterocycles. The van der Waals surface area contributed by atoms with E-state index >= 15 is 4.39 Å². The van der Waals surface area contributed by atoms with Gasteiger partial charge < -0.3 is 25.0 Å². The monoisotopic (exact) mass is 588 g/mol. The van der Waals surface area contributed by atoms with Crippen LogP contribution >= 0.6 is 0 Å². The minimum atomic E-state index is -1.33. The van der Waals surface area contributed by atoms with Gasteiger partial charge in [0, 0.05) is 105 Å². The maximum Gasteiger partial charge on any atom is 0.341 e. The van der Waals surface area contributed by atoms with Crippen molar-refractivity contribution < 1.29 is 23.8 Å². The molecule has 10 nitrogen and oxygen atoms in total. The molecular formula is C31H30F2N6O4. The molecule has 2 atom stereocenters. The number of halogens is 2. The number of aliphatic hydroxyl groups excluding tert-OH is 1. The van der Waals surface area contributed by atoms with Gasteiger partial charge in [0.05, 0.1) is 23.4 Å². The van der Waals surface area contributed by atoms with Gasteiger partial charge in [0.25, 0.3) is 0 Å². The third-order valence-electron chi connectivity index (χ3n) is 9.20. The lowest BCUT2D eigenvalue weighted by Gasteiger charge is -2.31. The molecule has 0 amide bonds. The maximum atomic E-state index is 15.8. The van der Waals surface area contributed by atoms with Crippen molar-refractivity contribution in [1.29, 1.82) is 0 Å². The van der Waals surface area contributed by atoms with E-state index in [0.717, 1.165) is 13.0 Å². The summed E-state index contributed by atoms with van der Waals surface area (Å²) in [5.41, 5.74) is 3.55. The summed E-state index contributed by atoms with van der Waals surface area (Å²) in [7, 11) is 3.29. The van der Waals surface area contributed by atoms with Crippen LogP contribution < -0.4 is 15.6 Å². The molecule has 2 fully saturated rings. The number of aryl methyl sites for hydroxylation is 1. The number of β-amino-alcohol motifs (C(OH)–C–C–N with tert-alkyl or cyclic N) is 1. The smallest absolute Gasteiger partial charge is 0.341 e. The van der Waals surface area contributed by atoms with Crippen molar-refractivity contribution in [2.75, 3.05) is 50.1 Å². The van der Waals surface area contributed by atoms with E-state index in [-0.39, 0.29) is 29.2 Å². The fourth-order valence-corrected chi connectivity index (χ4v) is 7.26. The number of hydrogen-bond donors (Lipinski definition) is 3. The number of aromatic nitrogens is 3. The molecule has 2 saturated heterocycles. The molecule has 0 saturated carbocycles. The largest absolute Gasteiger partial charge is 0.477 e. The van der Waals surface area contributed by atoms with Gasteiger partial charge in [-0.25, -0.2) is 18.6 Å². The molecule has 1 aliphatic carbocycles. The van der Waals surface area contributed by atoms with E-state index in [9.17, 15) is 24.2 Å². The Morgan fingerprint density at radius 3 is 2.72 bits per heavy atom. The van der Waals surface area contributed by atoms with Crippen molar-refractivity contribution in [3.8, 4) is 22.3 Å². The van der Waals surface area contributed by atoms with Crippen LogP contribution in [0.4, 0.5) is 20.2 Å². The molecule has 43 heavy (non-hydrogen) atoms. The zero-order chi connectivity index (χ0) is 30.2. The van der Waals surface area contributed by atoms with E-state index in [1.807, 2.05) is 0 Å². The SMILES string of the molecule is CNc1cc(F)c(F)c2c1Cc1ncc(-c3cnc4c(c3)c(=O)c(C(=O)O)cn4C)c(N3CC[C@H]4CN(CCO)CC43)c1-2. The lowest BCUT2D eigenvalue weighted by Crippen LogP contribution is -2.36. The van der Waals surface area contributed by atoms with Crippen molar-refractivity contribution in [3.05, 3.63) is 69.4 Å². The Labute approximate surface area is 245 Å². The summed E-state index contributed by atoms with van der Waals surface area (Å²) in [4.78, 5) is 38.7. The summed E-state index contributed by atoms with van der Waals surface area (Å²) >= 11 is 0. The highest BCUT2D eigenvalue weighted by atomic mass is 19.2. The quantitative estimate of drug-likeness (QED) is 0.275. The number of benzene rings is 1. The van der Waals surface area contributed by atoms with E-state index in [1.54, 1.807) is 32.6 Å². The van der Waals surface area contributed by atoms with Gasteiger partial charge in [0.1, 0.15) is 11.2 Å². The van der Waals surface area contributed by atoms with Gasteiger partial charge in [-0.3, -0.25) is 14.7 Å². The number of carbonyl (C=O) groups is 1. The Balaban J connectivity index is 1.49. The van der Waals surface area contributed by atoms with Gasteiger partial charge in [0.15, 0.2) is 11.6 Å². The van der Waals surface area contributed by atoms with Crippen molar-refractivity contribution in [2.24, 2.45) is 13.0 Å². The number of carboxylic acid groups (broad SMARTS) is 1. The molecule has 4 aromatic rings. The molecule has 3 N–H and O–H groups in total. The Morgan fingerprint density at radius 2 is 1.98 bits per heavy atom. The van der Waals surface area contributed by atoms with Crippen molar-refractivity contribution in [1.82, 2.24) is 19.4 Å². The standard InChI is InChI=1S/C31H30F2N6O4/c1-34-22-9-21(32)27(33)25-17(22)8-23-26(25)28(39-4-3-15-12-38(5-6-40)14-24(15)39)19(11-35-23)16-7-18-29(41)20(31(42)43)13-37(2)30(18)36-10-16/h7,9-11,13,15,24,34,40H,3-6,8,12,14H2,1-2H3,(H,42,43)/t15-,24?/m0/s1. The number of hydrogen-bond acceptors (Lipinski definition) is 8. The van der Waals surface area contributed by atoms with Crippen LogP contribution in [0.1, 0.15) is 28.0 Å². The first-order chi connectivity index (χ1) is 20.7. The van der Waals surface area contributed by atoms with Gasteiger partial charge in [-0.1, -0.05) is 0 Å². The summed E-state index contributed by atoms with van der Waals surface area (Å²) in [5.74, 6) is -2.90. The van der Waals surface area contributed by atoms with E-state index < -0.39 is 23.0 Å². The number of rotatable bonds is 6. The number of aliphatic hydroxyl groups is 1. The number of nitrogens with zero attached hydrogens (tertiary/aromatic N) is 5. The Morgan fingerprint density at radius 1 is 1.16 bits per heavy atom. The van der Waals surface area contributed by atoms with E-state index in [1.165, 1.54) is 16.8 Å². The molecule has 0 spiro atoms. The Hall–Kier alpha value is -4.42. The van der Waals surface area contributed by atoms with Gasteiger partial charge in [0.2, 0.25) is 5.43 Å². The third-order valence-corrected chi connectivity index (χ3v) is 9.20. The number of likely N-dealkylation sites (tertiary alicyclic amines) is 1. The van der Waals surface area contributed by atoms with E-state index in [2.05, 4.69) is 20.1 Å². The minimum absolute atomic E-state index is 0.0516. The Kier molecular flexibility index (Phi) is 6.44. The number of aromatic carboxylic acids is 1. The number of carboxylic acids is 1. The molecule has 3 aliphatic rings. The predicted molar refractivity (Wildman–Crippen MR) is 158 cm³/mol. The highest BCUT2D eigenvalue weighted by molar-refractivity contribution is 5.99. The van der Waals surface area contributed by atoms with Crippen LogP contribution in [0.15, 0.2) is 35.5 Å². The van der Waals surface area contributed by atoms with E-state index in [4.69, 9.17) is 4.98 Å². The van der Waals surface area contributed by atoms with Crippen molar-refractivity contribution >= 4 is 28.4 Å². The first kappa shape index (κ1) is 27.4. The first-order valence-corrected chi connectivity index (χ1v) is 14.3. The molecule has 0 bridgehead atoms. The summed E-state index contributed by atoms with van der Waals surface area (Å²) < 4.78 is 32.2. The zero-order valence-corrected chi connectivity index (χ0v) is 23.7. The number of nitrogens with one attached hydrogen (secondary N) is 1. The lowest BCUT2D eigenvalue weighted by atomic mass is 9.96. The summed E-state index contributed by atoms with van der Waals surface area (Å²) in [6.07, 6.45) is 5.75. The van der Waals surface area contributed by atoms with Gasteiger partial charge in [-0.15, -0.1) is 0 Å². The second-order valence-corrected chi connectivity index (χ2v) is 11.5. The zero-order valence-electron chi connectivity index (χ0n) is 23.7. The fraction of sp³-hybridized carbons (Fsp3) is 0.355. The predicted octanol–water partition coefficient (Wildman–Crippen LogP) is 3.09. The number of fused-ring (bicyclic) bond motifs is 5. The van der Waals surface area contributed by atoms with Crippen LogP contribution in [0.3, 0.4) is 0 Å².